The molecule has 0 aliphatic heterocycles. The van der Waals surface area contributed by atoms with Gasteiger partial charge in [0, 0.05) is 13.5 Å². The minimum atomic E-state index is -0.970. The normalized spacial score (nSPS) is 13.9. The van der Waals surface area contributed by atoms with Crippen LogP contribution in [0, 0.1) is 0 Å². The highest BCUT2D eigenvalue weighted by Gasteiger charge is 2.21. The van der Waals surface area contributed by atoms with E-state index >= 15 is 0 Å². The summed E-state index contributed by atoms with van der Waals surface area (Å²) in [4.78, 5) is 22.8. The molecule has 1 aromatic rings. The zero-order valence-corrected chi connectivity index (χ0v) is 14.9. The van der Waals surface area contributed by atoms with Crippen LogP contribution in [0.25, 0.3) is 0 Å². The first-order valence-electron chi connectivity index (χ1n) is 7.87. The molecular weight excluding hydrogens is 312 g/mol. The lowest BCUT2D eigenvalue weighted by Crippen LogP contribution is -2.32. The number of aldehydes is 1. The summed E-state index contributed by atoms with van der Waals surface area (Å²) in [7, 11) is 1.47. The number of carbonyl (C=O) groups excluding carboxylic acids is 2. The van der Waals surface area contributed by atoms with Gasteiger partial charge >= 0.3 is 5.97 Å². The van der Waals surface area contributed by atoms with Gasteiger partial charge < -0.3 is 18.9 Å². The van der Waals surface area contributed by atoms with E-state index < -0.39 is 18.0 Å². The van der Waals surface area contributed by atoms with Crippen molar-refractivity contribution in [1.29, 1.82) is 0 Å². The topological polar surface area (TPSA) is 71.1 Å². The molecule has 0 saturated carbocycles. The van der Waals surface area contributed by atoms with E-state index in [1.54, 1.807) is 31.2 Å². The molecular formula is C18H26O6. The average Bonchev–Trinajstić information content (AvgIpc) is 2.52. The number of benzene rings is 1. The largest absolute Gasteiger partial charge is 0.464 e. The Kier molecular flexibility index (Phi) is 7.88. The van der Waals surface area contributed by atoms with Crippen LogP contribution in [0.15, 0.2) is 24.3 Å². The lowest BCUT2D eigenvalue weighted by Gasteiger charge is -2.24. The zero-order valence-electron chi connectivity index (χ0n) is 14.9. The van der Waals surface area contributed by atoms with Crippen molar-refractivity contribution >= 4 is 12.3 Å². The van der Waals surface area contributed by atoms with Crippen LogP contribution in [-0.4, -0.2) is 44.0 Å². The number of carbonyl (C=O) groups is 2. The SMILES string of the molecule is CCOC(=O)C(Cc1ccc(OC(C=O)OC(C)(C)C)cc1)OC. The lowest BCUT2D eigenvalue weighted by atomic mass is 10.1. The van der Waals surface area contributed by atoms with Gasteiger partial charge in [0.2, 0.25) is 0 Å². The molecule has 6 nitrogen and oxygen atoms in total. The Labute approximate surface area is 143 Å². The van der Waals surface area contributed by atoms with Crippen molar-refractivity contribution in [3.63, 3.8) is 0 Å². The van der Waals surface area contributed by atoms with Crippen LogP contribution in [0.1, 0.15) is 33.3 Å². The van der Waals surface area contributed by atoms with E-state index in [1.807, 2.05) is 20.8 Å². The summed E-state index contributed by atoms with van der Waals surface area (Å²) in [5, 5.41) is 0. The zero-order chi connectivity index (χ0) is 18.2. The van der Waals surface area contributed by atoms with Gasteiger partial charge in [0.15, 0.2) is 12.4 Å². The van der Waals surface area contributed by atoms with Crippen LogP contribution in [0.5, 0.6) is 5.75 Å². The minimum absolute atomic E-state index is 0.312. The van der Waals surface area contributed by atoms with Gasteiger partial charge in [0.25, 0.3) is 6.29 Å². The van der Waals surface area contributed by atoms with E-state index in [4.69, 9.17) is 18.9 Å². The molecule has 0 heterocycles. The third kappa shape index (κ3) is 7.10. The van der Waals surface area contributed by atoms with Crippen LogP contribution in [0.3, 0.4) is 0 Å². The monoisotopic (exact) mass is 338 g/mol. The molecule has 1 aromatic carbocycles. The Morgan fingerprint density at radius 2 is 1.83 bits per heavy atom. The fourth-order valence-electron chi connectivity index (χ4n) is 1.98. The standard InChI is InChI=1S/C18H26O6/c1-6-22-17(20)15(21-5)11-13-7-9-14(10-8-13)23-16(12-19)24-18(2,3)4/h7-10,12,15-16H,6,11H2,1-5H3. The Bertz CT molecular complexity index is 517. The second-order valence-electron chi connectivity index (χ2n) is 6.18. The highest BCUT2D eigenvalue weighted by molar-refractivity contribution is 5.75. The molecule has 0 fully saturated rings. The third-order valence-corrected chi connectivity index (χ3v) is 3.01. The quantitative estimate of drug-likeness (QED) is 0.391. The van der Waals surface area contributed by atoms with Crippen LogP contribution in [-0.2, 0) is 30.2 Å². The molecule has 0 saturated heterocycles. The Hall–Kier alpha value is -1.92. The van der Waals surface area contributed by atoms with Gasteiger partial charge in [0.1, 0.15) is 5.75 Å². The van der Waals surface area contributed by atoms with E-state index in [0.717, 1.165) is 5.56 Å². The van der Waals surface area contributed by atoms with Gasteiger partial charge in [-0.3, -0.25) is 4.79 Å². The van der Waals surface area contributed by atoms with Crippen molar-refractivity contribution in [1.82, 2.24) is 0 Å². The number of methoxy groups -OCH3 is 1. The molecule has 0 N–H and O–H groups in total. The van der Waals surface area contributed by atoms with Gasteiger partial charge in [0.05, 0.1) is 12.2 Å². The minimum Gasteiger partial charge on any atom is -0.464 e. The average molecular weight is 338 g/mol. The van der Waals surface area contributed by atoms with Gasteiger partial charge in [-0.25, -0.2) is 4.79 Å². The summed E-state index contributed by atoms with van der Waals surface area (Å²) in [6, 6.07) is 7.05. The molecule has 2 atom stereocenters. The molecule has 0 amide bonds. The molecule has 0 radical (unpaired) electrons. The van der Waals surface area contributed by atoms with Crippen LogP contribution in [0.2, 0.25) is 0 Å². The van der Waals surface area contributed by atoms with E-state index in [2.05, 4.69) is 0 Å². The highest BCUT2D eigenvalue weighted by atomic mass is 16.7. The highest BCUT2D eigenvalue weighted by Crippen LogP contribution is 2.18. The first-order valence-corrected chi connectivity index (χ1v) is 7.87. The third-order valence-electron chi connectivity index (χ3n) is 3.01. The van der Waals surface area contributed by atoms with Crippen molar-refractivity contribution in [3.8, 4) is 5.75 Å². The van der Waals surface area contributed by atoms with Gasteiger partial charge in [-0.2, -0.15) is 0 Å². The summed E-state index contributed by atoms with van der Waals surface area (Å²) in [6.07, 6.45) is -0.614. The number of esters is 1. The molecule has 134 valence electrons. The summed E-state index contributed by atoms with van der Waals surface area (Å²) in [6.45, 7) is 7.59. The van der Waals surface area contributed by atoms with Crippen molar-refractivity contribution in [2.45, 2.75) is 52.1 Å². The van der Waals surface area contributed by atoms with E-state index in [-0.39, 0.29) is 5.97 Å². The number of hydrogen-bond donors (Lipinski definition) is 0. The number of hydrogen-bond acceptors (Lipinski definition) is 6. The number of rotatable bonds is 9. The molecule has 1 rings (SSSR count). The van der Waals surface area contributed by atoms with E-state index in [0.29, 0.717) is 25.1 Å². The molecule has 0 aromatic heterocycles. The van der Waals surface area contributed by atoms with Gasteiger partial charge in [-0.15, -0.1) is 0 Å². The molecule has 2 unspecified atom stereocenters. The first-order chi connectivity index (χ1) is 11.3. The van der Waals surface area contributed by atoms with Crippen LogP contribution in [0.4, 0.5) is 0 Å². The van der Waals surface area contributed by atoms with E-state index in [9.17, 15) is 9.59 Å². The summed E-state index contributed by atoms with van der Waals surface area (Å²) in [5.74, 6) is 0.116. The fraction of sp³-hybridized carbons (Fsp3) is 0.556. The predicted molar refractivity (Wildman–Crippen MR) is 88.9 cm³/mol. The van der Waals surface area contributed by atoms with E-state index in [1.165, 1.54) is 7.11 Å². The van der Waals surface area contributed by atoms with Gasteiger partial charge in [-0.05, 0) is 45.4 Å². The Morgan fingerprint density at radius 1 is 1.21 bits per heavy atom. The molecule has 0 aliphatic rings. The molecule has 24 heavy (non-hydrogen) atoms. The molecule has 0 spiro atoms. The molecule has 0 bridgehead atoms. The fourth-order valence-corrected chi connectivity index (χ4v) is 1.98. The van der Waals surface area contributed by atoms with Crippen molar-refractivity contribution in [2.75, 3.05) is 13.7 Å². The molecule has 6 heteroatoms. The second-order valence-corrected chi connectivity index (χ2v) is 6.18. The Morgan fingerprint density at radius 3 is 2.29 bits per heavy atom. The lowest BCUT2D eigenvalue weighted by molar-refractivity contribution is -0.161. The smallest absolute Gasteiger partial charge is 0.335 e. The van der Waals surface area contributed by atoms with Crippen molar-refractivity contribution in [2.24, 2.45) is 0 Å². The van der Waals surface area contributed by atoms with Gasteiger partial charge in [-0.1, -0.05) is 12.1 Å². The molecule has 0 aliphatic carbocycles. The summed E-state index contributed by atoms with van der Waals surface area (Å²) >= 11 is 0. The first kappa shape index (κ1) is 20.1. The summed E-state index contributed by atoms with van der Waals surface area (Å²) < 4.78 is 21.1. The Balaban J connectivity index is 2.67. The second kappa shape index (κ2) is 9.39. The predicted octanol–water partition coefficient (Wildman–Crippen LogP) is 2.53. The van der Waals surface area contributed by atoms with Crippen molar-refractivity contribution in [3.05, 3.63) is 29.8 Å². The maximum atomic E-state index is 11.7. The number of ether oxygens (including phenoxy) is 4. The van der Waals surface area contributed by atoms with Crippen LogP contribution < -0.4 is 4.74 Å². The van der Waals surface area contributed by atoms with Crippen molar-refractivity contribution < 1.29 is 28.5 Å². The summed E-state index contributed by atoms with van der Waals surface area (Å²) in [5.41, 5.74) is 0.401. The van der Waals surface area contributed by atoms with Crippen LogP contribution >= 0.6 is 0 Å². The maximum Gasteiger partial charge on any atom is 0.335 e. The maximum absolute atomic E-state index is 11.7.